The maximum absolute atomic E-state index is 12.8. The van der Waals surface area contributed by atoms with Gasteiger partial charge in [-0.3, -0.25) is 0 Å². The number of ether oxygens (including phenoxy) is 1. The summed E-state index contributed by atoms with van der Waals surface area (Å²) in [6, 6.07) is 15.0. The average Bonchev–Trinajstić information content (AvgIpc) is 3.06. The maximum Gasteiger partial charge on any atom is 0.384 e. The molecule has 0 N–H and O–H groups in total. The Morgan fingerprint density at radius 1 is 1.08 bits per heavy atom. The van der Waals surface area contributed by atoms with Crippen molar-refractivity contribution in [2.75, 3.05) is 6.61 Å². The summed E-state index contributed by atoms with van der Waals surface area (Å²) in [6.07, 6.45) is 1.49. The van der Waals surface area contributed by atoms with E-state index in [4.69, 9.17) is 4.74 Å². The first-order valence-electron chi connectivity index (χ1n) is 7.63. The average molecular weight is 353 g/mol. The molecular weight excluding hydrogens is 338 g/mol. The lowest BCUT2D eigenvalue weighted by Gasteiger charge is -2.07. The Kier molecular flexibility index (Phi) is 4.59. The standard InChI is InChI=1S/C19H15NO4S/c1-2-24-19(21)12-11-15-7-6-10-18-17(15)13-14-20(18)25(22,23)16-8-4-3-5-9-16/h3-10,13-14H,2H2,1H3. The van der Waals surface area contributed by atoms with Crippen molar-refractivity contribution in [1.82, 2.24) is 3.97 Å². The Bertz CT molecular complexity index is 1090. The normalized spacial score (nSPS) is 10.9. The minimum absolute atomic E-state index is 0.204. The molecule has 1 heterocycles. The summed E-state index contributed by atoms with van der Waals surface area (Å²) in [4.78, 5) is 11.6. The highest BCUT2D eigenvalue weighted by atomic mass is 32.2. The van der Waals surface area contributed by atoms with Gasteiger partial charge in [-0.1, -0.05) is 30.2 Å². The maximum atomic E-state index is 12.8. The first kappa shape index (κ1) is 16.8. The molecule has 0 spiro atoms. The molecule has 0 radical (unpaired) electrons. The molecule has 0 saturated heterocycles. The monoisotopic (exact) mass is 353 g/mol. The Labute approximate surface area is 145 Å². The molecule has 0 unspecified atom stereocenters. The van der Waals surface area contributed by atoms with E-state index in [-0.39, 0.29) is 11.5 Å². The number of rotatable bonds is 3. The highest BCUT2D eigenvalue weighted by Gasteiger charge is 2.18. The van der Waals surface area contributed by atoms with Gasteiger partial charge in [0.2, 0.25) is 0 Å². The third-order valence-corrected chi connectivity index (χ3v) is 5.28. The predicted octanol–water partition coefficient (Wildman–Crippen LogP) is 2.79. The van der Waals surface area contributed by atoms with E-state index in [1.807, 2.05) is 0 Å². The molecule has 3 rings (SSSR count). The van der Waals surface area contributed by atoms with Crippen LogP contribution in [0, 0.1) is 11.8 Å². The Morgan fingerprint density at radius 3 is 2.56 bits per heavy atom. The number of benzene rings is 2. The van der Waals surface area contributed by atoms with Crippen molar-refractivity contribution in [3.05, 3.63) is 66.4 Å². The van der Waals surface area contributed by atoms with Gasteiger partial charge in [0.15, 0.2) is 0 Å². The summed E-state index contributed by atoms with van der Waals surface area (Å²) in [5, 5.41) is 0.652. The van der Waals surface area contributed by atoms with Gasteiger partial charge in [-0.25, -0.2) is 17.2 Å². The summed E-state index contributed by atoms with van der Waals surface area (Å²) in [7, 11) is -3.70. The van der Waals surface area contributed by atoms with Crippen LogP contribution >= 0.6 is 0 Å². The van der Waals surface area contributed by atoms with E-state index in [9.17, 15) is 13.2 Å². The minimum Gasteiger partial charge on any atom is -0.456 e. The lowest BCUT2D eigenvalue weighted by Crippen LogP contribution is -2.11. The summed E-state index contributed by atoms with van der Waals surface area (Å²) >= 11 is 0. The van der Waals surface area contributed by atoms with Crippen LogP contribution in [0.15, 0.2) is 65.7 Å². The Morgan fingerprint density at radius 2 is 1.84 bits per heavy atom. The molecular formula is C19H15NO4S. The van der Waals surface area contributed by atoms with E-state index in [0.717, 1.165) is 0 Å². The zero-order valence-corrected chi connectivity index (χ0v) is 14.3. The molecule has 0 atom stereocenters. The Hall–Kier alpha value is -3.04. The van der Waals surface area contributed by atoms with Crippen molar-refractivity contribution >= 4 is 26.9 Å². The molecule has 0 aliphatic heterocycles. The van der Waals surface area contributed by atoms with Crippen LogP contribution in [-0.4, -0.2) is 25.0 Å². The number of carbonyl (C=O) groups excluding carboxylic acids is 1. The van der Waals surface area contributed by atoms with Gasteiger partial charge in [-0.2, -0.15) is 0 Å². The molecule has 3 aromatic rings. The van der Waals surface area contributed by atoms with Crippen molar-refractivity contribution < 1.29 is 17.9 Å². The molecule has 25 heavy (non-hydrogen) atoms. The second-order valence-electron chi connectivity index (χ2n) is 5.14. The van der Waals surface area contributed by atoms with Crippen molar-refractivity contribution in [1.29, 1.82) is 0 Å². The number of hydrogen-bond acceptors (Lipinski definition) is 4. The van der Waals surface area contributed by atoms with Crippen LogP contribution < -0.4 is 0 Å². The van der Waals surface area contributed by atoms with Crippen molar-refractivity contribution in [2.45, 2.75) is 11.8 Å². The fourth-order valence-electron chi connectivity index (χ4n) is 2.45. The van der Waals surface area contributed by atoms with Gasteiger partial charge in [0.25, 0.3) is 10.0 Å². The molecule has 126 valence electrons. The lowest BCUT2D eigenvalue weighted by atomic mass is 10.1. The highest BCUT2D eigenvalue weighted by molar-refractivity contribution is 7.90. The van der Waals surface area contributed by atoms with Crippen LogP contribution in [0.5, 0.6) is 0 Å². The van der Waals surface area contributed by atoms with Crippen LogP contribution in [0.25, 0.3) is 10.9 Å². The summed E-state index contributed by atoms with van der Waals surface area (Å²) in [5.41, 5.74) is 1.06. The van der Waals surface area contributed by atoms with Crippen LogP contribution in [-0.2, 0) is 19.6 Å². The number of fused-ring (bicyclic) bond motifs is 1. The number of aromatic nitrogens is 1. The first-order valence-corrected chi connectivity index (χ1v) is 9.07. The van der Waals surface area contributed by atoms with E-state index in [1.165, 1.54) is 10.2 Å². The SMILES string of the molecule is CCOC(=O)C#Cc1cccc2c1ccn2S(=O)(=O)c1ccccc1. The van der Waals surface area contributed by atoms with E-state index in [1.54, 1.807) is 61.5 Å². The van der Waals surface area contributed by atoms with Crippen molar-refractivity contribution in [3.8, 4) is 11.8 Å². The predicted molar refractivity (Wildman–Crippen MR) is 94.5 cm³/mol. The molecule has 0 aliphatic carbocycles. The van der Waals surface area contributed by atoms with Crippen LogP contribution in [0.3, 0.4) is 0 Å². The van der Waals surface area contributed by atoms with Crippen LogP contribution in [0.2, 0.25) is 0 Å². The molecule has 5 nitrogen and oxygen atoms in total. The molecule has 0 bridgehead atoms. The van der Waals surface area contributed by atoms with Gasteiger partial charge < -0.3 is 4.74 Å². The van der Waals surface area contributed by atoms with Crippen LogP contribution in [0.4, 0.5) is 0 Å². The van der Waals surface area contributed by atoms with Gasteiger partial charge in [0.1, 0.15) is 0 Å². The summed E-state index contributed by atoms with van der Waals surface area (Å²) < 4.78 is 31.6. The largest absolute Gasteiger partial charge is 0.456 e. The van der Waals surface area contributed by atoms with Gasteiger partial charge in [-0.05, 0) is 37.3 Å². The number of hydrogen-bond donors (Lipinski definition) is 0. The number of esters is 1. The zero-order valence-electron chi connectivity index (χ0n) is 13.5. The van der Waals surface area contributed by atoms with Gasteiger partial charge >= 0.3 is 5.97 Å². The van der Waals surface area contributed by atoms with E-state index in [0.29, 0.717) is 16.5 Å². The van der Waals surface area contributed by atoms with E-state index < -0.39 is 16.0 Å². The molecule has 6 heteroatoms. The topological polar surface area (TPSA) is 65.4 Å². The quantitative estimate of drug-likeness (QED) is 0.536. The molecule has 1 aromatic heterocycles. The molecule has 0 saturated carbocycles. The number of carbonyl (C=O) groups is 1. The molecule has 2 aromatic carbocycles. The fourth-order valence-corrected chi connectivity index (χ4v) is 3.82. The molecule has 0 aliphatic rings. The summed E-state index contributed by atoms with van der Waals surface area (Å²) in [5.74, 6) is 4.53. The van der Waals surface area contributed by atoms with Gasteiger partial charge in [0, 0.05) is 23.1 Å². The number of nitrogens with zero attached hydrogens (tertiary/aromatic N) is 1. The van der Waals surface area contributed by atoms with E-state index in [2.05, 4.69) is 11.8 Å². The molecule has 0 fully saturated rings. The van der Waals surface area contributed by atoms with Crippen LogP contribution in [0.1, 0.15) is 12.5 Å². The smallest absolute Gasteiger partial charge is 0.384 e. The third-order valence-electron chi connectivity index (χ3n) is 3.57. The Balaban J connectivity index is 2.09. The second-order valence-corrected chi connectivity index (χ2v) is 6.95. The van der Waals surface area contributed by atoms with Gasteiger partial charge in [-0.15, -0.1) is 0 Å². The highest BCUT2D eigenvalue weighted by Crippen LogP contribution is 2.24. The fraction of sp³-hybridized carbons (Fsp3) is 0.105. The van der Waals surface area contributed by atoms with Gasteiger partial charge in [0.05, 0.1) is 17.0 Å². The minimum atomic E-state index is -3.70. The third kappa shape index (κ3) is 3.28. The van der Waals surface area contributed by atoms with Crippen molar-refractivity contribution in [3.63, 3.8) is 0 Å². The van der Waals surface area contributed by atoms with E-state index >= 15 is 0 Å². The lowest BCUT2D eigenvalue weighted by molar-refractivity contribution is -0.136. The summed E-state index contributed by atoms with van der Waals surface area (Å²) in [6.45, 7) is 1.96. The first-order chi connectivity index (χ1) is 12.0. The second kappa shape index (κ2) is 6.83. The van der Waals surface area contributed by atoms with Crippen molar-refractivity contribution in [2.24, 2.45) is 0 Å². The molecule has 0 amide bonds. The zero-order chi connectivity index (χ0) is 17.9.